The highest BCUT2D eigenvalue weighted by atomic mass is 32.2. The number of rotatable bonds is 14. The summed E-state index contributed by atoms with van der Waals surface area (Å²) in [5, 5.41) is 17.5. The van der Waals surface area contributed by atoms with Gasteiger partial charge in [0.15, 0.2) is 21.3 Å². The molecule has 2 amide bonds. The van der Waals surface area contributed by atoms with Gasteiger partial charge in [0.25, 0.3) is 5.91 Å². The topological polar surface area (TPSA) is 138 Å². The minimum absolute atomic E-state index is 0.0139. The molecule has 2 aliphatic heterocycles. The zero-order chi connectivity index (χ0) is 31.9. The summed E-state index contributed by atoms with van der Waals surface area (Å²) in [4.78, 5) is 27.1. The fraction of sp³-hybridized carbons (Fsp3) is 0.562. The monoisotopic (exact) mass is 630 g/mol. The maximum Gasteiger partial charge on any atom is 0.255 e. The maximum atomic E-state index is 14.1. The average Bonchev–Trinajstić information content (AvgIpc) is 3.71. The van der Waals surface area contributed by atoms with Gasteiger partial charge in [0.1, 0.15) is 0 Å². The van der Waals surface area contributed by atoms with Crippen molar-refractivity contribution in [1.82, 2.24) is 20.8 Å². The smallest absolute Gasteiger partial charge is 0.255 e. The minimum Gasteiger partial charge on any atom is -0.454 e. The normalized spacial score (nSPS) is 18.9. The number of hydrazine groups is 1. The van der Waals surface area contributed by atoms with Crippen LogP contribution in [-0.2, 0) is 25.8 Å². The fourth-order valence-corrected chi connectivity index (χ4v) is 7.93. The summed E-state index contributed by atoms with van der Waals surface area (Å²) in [5.74, 6) is -1.08. The van der Waals surface area contributed by atoms with Crippen molar-refractivity contribution in [3.63, 3.8) is 0 Å². The molecular formula is C32H46N4O7S. The largest absolute Gasteiger partial charge is 0.454 e. The second kappa shape index (κ2) is 14.7. The molecule has 12 heteroatoms. The molecule has 0 aliphatic carbocycles. The van der Waals surface area contributed by atoms with Gasteiger partial charge in [-0.1, -0.05) is 57.5 Å². The van der Waals surface area contributed by atoms with Crippen LogP contribution in [-0.4, -0.2) is 79.8 Å². The number of amides is 2. The number of sulfone groups is 1. The second-order valence-electron chi connectivity index (χ2n) is 12.0. The summed E-state index contributed by atoms with van der Waals surface area (Å²) in [7, 11) is -2.18. The van der Waals surface area contributed by atoms with E-state index < -0.39 is 27.2 Å². The van der Waals surface area contributed by atoms with Crippen LogP contribution in [0.15, 0.2) is 53.4 Å². The van der Waals surface area contributed by atoms with Crippen molar-refractivity contribution in [2.45, 2.75) is 75.8 Å². The van der Waals surface area contributed by atoms with Crippen LogP contribution < -0.4 is 20.2 Å². The Morgan fingerprint density at radius 3 is 2.52 bits per heavy atom. The van der Waals surface area contributed by atoms with Crippen LogP contribution in [0.5, 0.6) is 11.5 Å². The Morgan fingerprint density at radius 2 is 1.86 bits per heavy atom. The standard InChI is InChI=1S/C32H46N4O7S/c1-5-11-26(31(38)35(4)34-30(37)27-14-10-17-33-27)32(6-2,19-24-12-8-7-9-13-24)36(39)20-23(3)21-44(40,41)25-15-16-28-29(18-25)43-22-42-28/h7-9,12-13,15-16,18,23,26-27,33,39H,5-6,10-11,14,17,19-22H2,1-4H3,(H,34,37)/t23-,26-,27+,32?/m1/s1. The third-order valence-electron chi connectivity index (χ3n) is 8.68. The van der Waals surface area contributed by atoms with Gasteiger partial charge in [-0.3, -0.25) is 20.0 Å². The quantitative estimate of drug-likeness (QED) is 0.268. The number of carbonyl (C=O) groups excluding carboxylic acids is 2. The lowest BCUT2D eigenvalue weighted by atomic mass is 9.73. The van der Waals surface area contributed by atoms with Crippen molar-refractivity contribution in [2.24, 2.45) is 11.8 Å². The van der Waals surface area contributed by atoms with E-state index in [1.165, 1.54) is 22.2 Å². The molecule has 0 aromatic heterocycles. The van der Waals surface area contributed by atoms with Crippen molar-refractivity contribution in [2.75, 3.05) is 32.7 Å². The first-order chi connectivity index (χ1) is 21.0. The molecule has 0 radical (unpaired) electrons. The van der Waals surface area contributed by atoms with E-state index in [1.807, 2.05) is 44.2 Å². The summed E-state index contributed by atoms with van der Waals surface area (Å²) < 4.78 is 37.4. The van der Waals surface area contributed by atoms with Gasteiger partial charge < -0.3 is 20.0 Å². The van der Waals surface area contributed by atoms with Gasteiger partial charge in [0, 0.05) is 19.7 Å². The van der Waals surface area contributed by atoms with E-state index in [9.17, 15) is 23.2 Å². The average molecular weight is 631 g/mol. The first-order valence-electron chi connectivity index (χ1n) is 15.4. The first kappa shape index (κ1) is 33.7. The summed E-state index contributed by atoms with van der Waals surface area (Å²) in [6.07, 6.45) is 3.49. The van der Waals surface area contributed by atoms with Gasteiger partial charge in [-0.15, -0.1) is 0 Å². The van der Waals surface area contributed by atoms with E-state index in [2.05, 4.69) is 10.7 Å². The molecule has 2 heterocycles. The molecule has 4 atom stereocenters. The number of nitrogens with one attached hydrogen (secondary N) is 2. The highest BCUT2D eigenvalue weighted by Crippen LogP contribution is 2.38. The SMILES string of the molecule is CCC[C@H](C(=O)N(C)NC(=O)[C@@H]1CCCN1)C(CC)(Cc1ccccc1)N(O)C[C@@H](C)CS(=O)(=O)c1ccc2c(c1)OCO2. The van der Waals surface area contributed by atoms with Crippen LogP contribution in [0.25, 0.3) is 0 Å². The molecule has 0 bridgehead atoms. The fourth-order valence-electron chi connectivity index (χ4n) is 6.32. The summed E-state index contributed by atoms with van der Waals surface area (Å²) >= 11 is 0. The minimum atomic E-state index is -3.72. The Kier molecular flexibility index (Phi) is 11.3. The zero-order valence-corrected chi connectivity index (χ0v) is 26.9. The molecule has 2 aliphatic rings. The van der Waals surface area contributed by atoms with Crippen LogP contribution in [0.4, 0.5) is 0 Å². The Morgan fingerprint density at radius 1 is 1.14 bits per heavy atom. The molecule has 242 valence electrons. The Bertz CT molecular complexity index is 1380. The van der Waals surface area contributed by atoms with E-state index in [-0.39, 0.29) is 41.8 Å². The summed E-state index contributed by atoms with van der Waals surface area (Å²) in [6, 6.07) is 13.8. The van der Waals surface area contributed by atoms with Crippen molar-refractivity contribution in [3.8, 4) is 11.5 Å². The third kappa shape index (κ3) is 7.71. The van der Waals surface area contributed by atoms with Gasteiger partial charge in [-0.05, 0) is 62.3 Å². The van der Waals surface area contributed by atoms with Crippen LogP contribution in [0.3, 0.4) is 0 Å². The molecule has 2 aromatic carbocycles. The van der Waals surface area contributed by atoms with E-state index >= 15 is 0 Å². The summed E-state index contributed by atoms with van der Waals surface area (Å²) in [5.41, 5.74) is 2.61. The third-order valence-corrected chi connectivity index (χ3v) is 10.7. The number of hydroxylamine groups is 2. The van der Waals surface area contributed by atoms with Crippen molar-refractivity contribution >= 4 is 21.7 Å². The van der Waals surface area contributed by atoms with Crippen LogP contribution >= 0.6 is 0 Å². The molecule has 44 heavy (non-hydrogen) atoms. The molecule has 0 saturated carbocycles. The van der Waals surface area contributed by atoms with Crippen LogP contribution in [0, 0.1) is 11.8 Å². The molecule has 11 nitrogen and oxygen atoms in total. The molecular weight excluding hydrogens is 584 g/mol. The number of hydrogen-bond donors (Lipinski definition) is 3. The van der Waals surface area contributed by atoms with E-state index in [4.69, 9.17) is 9.47 Å². The molecule has 1 saturated heterocycles. The molecule has 4 rings (SSSR count). The molecule has 3 N–H and O–H groups in total. The molecule has 0 spiro atoms. The highest BCUT2D eigenvalue weighted by Gasteiger charge is 2.47. The van der Waals surface area contributed by atoms with Crippen LogP contribution in [0.2, 0.25) is 0 Å². The van der Waals surface area contributed by atoms with Gasteiger partial charge >= 0.3 is 0 Å². The Hall–Kier alpha value is -3.19. The Labute approximate surface area is 260 Å². The lowest BCUT2D eigenvalue weighted by Crippen LogP contribution is -2.61. The van der Waals surface area contributed by atoms with Gasteiger partial charge in [0.05, 0.1) is 28.1 Å². The Balaban J connectivity index is 1.58. The molecule has 2 aromatic rings. The van der Waals surface area contributed by atoms with Crippen molar-refractivity contribution in [1.29, 1.82) is 0 Å². The lowest BCUT2D eigenvalue weighted by Gasteiger charge is -2.46. The van der Waals surface area contributed by atoms with Gasteiger partial charge in [-0.2, -0.15) is 5.06 Å². The summed E-state index contributed by atoms with van der Waals surface area (Å²) in [6.45, 7) is 6.49. The number of benzene rings is 2. The van der Waals surface area contributed by atoms with E-state index in [0.717, 1.165) is 18.5 Å². The van der Waals surface area contributed by atoms with Gasteiger partial charge in [-0.25, -0.2) is 8.42 Å². The van der Waals surface area contributed by atoms with Crippen LogP contribution in [0.1, 0.15) is 58.4 Å². The van der Waals surface area contributed by atoms with Crippen molar-refractivity contribution in [3.05, 3.63) is 54.1 Å². The second-order valence-corrected chi connectivity index (χ2v) is 14.0. The molecule has 1 unspecified atom stereocenters. The van der Waals surface area contributed by atoms with E-state index in [1.54, 1.807) is 20.0 Å². The lowest BCUT2D eigenvalue weighted by molar-refractivity contribution is -0.206. The maximum absolute atomic E-state index is 14.1. The van der Waals surface area contributed by atoms with E-state index in [0.29, 0.717) is 43.6 Å². The predicted octanol–water partition coefficient (Wildman–Crippen LogP) is 3.57. The number of ether oxygens (including phenoxy) is 2. The van der Waals surface area contributed by atoms with Gasteiger partial charge in [0.2, 0.25) is 12.7 Å². The number of nitrogens with zero attached hydrogens (tertiary/aromatic N) is 2. The number of hydrogen-bond acceptors (Lipinski definition) is 9. The predicted molar refractivity (Wildman–Crippen MR) is 166 cm³/mol. The first-order valence-corrected chi connectivity index (χ1v) is 17.1. The van der Waals surface area contributed by atoms with Crippen molar-refractivity contribution < 1.29 is 32.7 Å². The zero-order valence-electron chi connectivity index (χ0n) is 26.1. The number of fused-ring (bicyclic) bond motifs is 1. The highest BCUT2D eigenvalue weighted by molar-refractivity contribution is 7.91. The number of carbonyl (C=O) groups is 2. The molecule has 1 fully saturated rings.